The molecule has 1 N–H and O–H groups in total. The van der Waals surface area contributed by atoms with Crippen molar-refractivity contribution < 1.29 is 22.7 Å². The molecule has 168 valence electrons. The minimum atomic E-state index is -4.00. The highest BCUT2D eigenvalue weighted by atomic mass is 32.2. The molecule has 1 amide bonds. The molecule has 0 fully saturated rings. The van der Waals surface area contributed by atoms with Crippen molar-refractivity contribution in [1.29, 1.82) is 0 Å². The number of allylic oxidation sites excluding steroid dienone is 1. The molecular weight excluding hydrogens is 440 g/mol. The van der Waals surface area contributed by atoms with Crippen LogP contribution < -0.4 is 10.1 Å². The van der Waals surface area contributed by atoms with Crippen LogP contribution in [0.3, 0.4) is 0 Å². The number of amides is 1. The Morgan fingerprint density at radius 3 is 2.24 bits per heavy atom. The number of carbonyl (C=O) groups excluding carboxylic acids is 2. The summed E-state index contributed by atoms with van der Waals surface area (Å²) in [5.41, 5.74) is 0.847. The smallest absolute Gasteiger partial charge is 0.265 e. The summed E-state index contributed by atoms with van der Waals surface area (Å²) in [4.78, 5) is 26.9. The van der Waals surface area contributed by atoms with Gasteiger partial charge in [0.15, 0.2) is 0 Å². The normalized spacial score (nSPS) is 14.4. The number of nitrogens with one attached hydrogen (secondary N) is 1. The summed E-state index contributed by atoms with van der Waals surface area (Å²) in [6.45, 7) is 1.65. The molecule has 1 aliphatic heterocycles. The summed E-state index contributed by atoms with van der Waals surface area (Å²) in [6.07, 6.45) is 0. The number of para-hydroxylation sites is 1. The maximum absolute atomic E-state index is 13.6. The maximum Gasteiger partial charge on any atom is 0.265 e. The number of nitrogens with zero attached hydrogens (tertiary/aromatic N) is 1. The first-order valence-electron chi connectivity index (χ1n) is 10.3. The molecule has 0 aliphatic carbocycles. The van der Waals surface area contributed by atoms with Crippen molar-refractivity contribution in [3.05, 3.63) is 101 Å². The first kappa shape index (κ1) is 22.3. The fourth-order valence-electron chi connectivity index (χ4n) is 3.81. The predicted molar refractivity (Wildman–Crippen MR) is 124 cm³/mol. The Bertz CT molecular complexity index is 1360. The van der Waals surface area contributed by atoms with Gasteiger partial charge in [-0.1, -0.05) is 60.7 Å². The fourth-order valence-corrected chi connectivity index (χ4v) is 5.50. The Morgan fingerprint density at radius 2 is 1.55 bits per heavy atom. The van der Waals surface area contributed by atoms with Crippen molar-refractivity contribution in [1.82, 2.24) is 9.62 Å². The molecule has 1 aliphatic rings. The van der Waals surface area contributed by atoms with Crippen LogP contribution in [-0.4, -0.2) is 38.1 Å². The van der Waals surface area contributed by atoms with E-state index in [1.165, 1.54) is 13.2 Å². The van der Waals surface area contributed by atoms with Gasteiger partial charge in [0, 0.05) is 17.7 Å². The van der Waals surface area contributed by atoms with Gasteiger partial charge in [0.25, 0.3) is 15.9 Å². The summed E-state index contributed by atoms with van der Waals surface area (Å²) in [5.74, 6) is -0.674. The number of Topliss-reactive ketones (excluding diaryl/α,β-unsaturated/α-hetero) is 1. The summed E-state index contributed by atoms with van der Waals surface area (Å²) in [5, 5.41) is 2.80. The van der Waals surface area contributed by atoms with Crippen molar-refractivity contribution in [2.75, 3.05) is 13.7 Å². The Balaban J connectivity index is 1.95. The molecule has 4 rings (SSSR count). The second kappa shape index (κ2) is 8.91. The molecule has 0 radical (unpaired) electrons. The van der Waals surface area contributed by atoms with Gasteiger partial charge in [-0.15, -0.1) is 0 Å². The van der Waals surface area contributed by atoms with Gasteiger partial charge in [0.1, 0.15) is 11.4 Å². The lowest BCUT2D eigenvalue weighted by molar-refractivity contribution is 0.0969. The number of sulfonamides is 1. The lowest BCUT2D eigenvalue weighted by atomic mass is 10.0. The third-order valence-corrected chi connectivity index (χ3v) is 7.27. The monoisotopic (exact) mass is 462 g/mol. The highest BCUT2D eigenvalue weighted by Crippen LogP contribution is 2.37. The van der Waals surface area contributed by atoms with Crippen LogP contribution in [-0.2, 0) is 10.0 Å². The van der Waals surface area contributed by atoms with Crippen LogP contribution in [0.4, 0.5) is 0 Å². The summed E-state index contributed by atoms with van der Waals surface area (Å²) in [7, 11) is -2.55. The number of ketones is 1. The molecule has 7 nitrogen and oxygen atoms in total. The van der Waals surface area contributed by atoms with E-state index in [-0.39, 0.29) is 34.0 Å². The summed E-state index contributed by atoms with van der Waals surface area (Å²) >= 11 is 0. The molecule has 0 saturated heterocycles. The molecule has 1 heterocycles. The van der Waals surface area contributed by atoms with E-state index >= 15 is 0 Å². The Labute approximate surface area is 192 Å². The minimum Gasteiger partial charge on any atom is -0.496 e. The van der Waals surface area contributed by atoms with E-state index in [1.807, 2.05) is 0 Å². The Morgan fingerprint density at radius 1 is 0.909 bits per heavy atom. The second-order valence-corrected chi connectivity index (χ2v) is 9.07. The van der Waals surface area contributed by atoms with E-state index in [4.69, 9.17) is 4.74 Å². The van der Waals surface area contributed by atoms with Crippen LogP contribution in [0, 0.1) is 0 Å². The third kappa shape index (κ3) is 3.89. The molecule has 0 bridgehead atoms. The second-order valence-electron chi connectivity index (χ2n) is 7.24. The van der Waals surface area contributed by atoms with Crippen LogP contribution in [0.25, 0.3) is 5.70 Å². The number of rotatable bonds is 6. The molecule has 3 aromatic carbocycles. The number of carbonyl (C=O) groups is 2. The molecule has 3 aromatic rings. The molecule has 0 unspecified atom stereocenters. The van der Waals surface area contributed by atoms with E-state index < -0.39 is 21.7 Å². The van der Waals surface area contributed by atoms with Crippen LogP contribution in [0.5, 0.6) is 5.75 Å². The molecule has 33 heavy (non-hydrogen) atoms. The van der Waals surface area contributed by atoms with Crippen molar-refractivity contribution >= 4 is 27.4 Å². The number of hydrogen-bond acceptors (Lipinski definition) is 5. The highest BCUT2D eigenvalue weighted by molar-refractivity contribution is 7.89. The van der Waals surface area contributed by atoms with Crippen molar-refractivity contribution in [2.45, 2.75) is 11.8 Å². The maximum atomic E-state index is 13.6. The van der Waals surface area contributed by atoms with Gasteiger partial charge >= 0.3 is 0 Å². The Kier molecular flexibility index (Phi) is 6.02. The van der Waals surface area contributed by atoms with E-state index in [9.17, 15) is 18.0 Å². The molecule has 8 heteroatoms. The average Bonchev–Trinajstić information content (AvgIpc) is 2.85. The zero-order valence-electron chi connectivity index (χ0n) is 18.1. The summed E-state index contributed by atoms with van der Waals surface area (Å²) in [6, 6.07) is 21.4. The van der Waals surface area contributed by atoms with Crippen LogP contribution >= 0.6 is 0 Å². The predicted octanol–water partition coefficient (Wildman–Crippen LogP) is 3.70. The zero-order valence-corrected chi connectivity index (χ0v) is 18.9. The van der Waals surface area contributed by atoms with Crippen LogP contribution in [0.1, 0.15) is 33.2 Å². The van der Waals surface area contributed by atoms with Gasteiger partial charge in [-0.25, -0.2) is 8.42 Å². The largest absolute Gasteiger partial charge is 0.496 e. The SMILES string of the molecule is CCN1C(C(=O)c2ccccc2)=C(NC(=O)c2ccccc2OC)c2ccccc2S1(=O)=O. The molecule has 0 atom stereocenters. The van der Waals surface area contributed by atoms with Crippen LogP contribution in [0.15, 0.2) is 89.5 Å². The number of ether oxygens (including phenoxy) is 1. The standard InChI is InChI=1S/C25H22N2O5S/c1-3-27-23(24(28)17-11-5-4-6-12-17)22(19-14-8-10-16-21(19)33(27,30)31)26-25(29)18-13-7-9-15-20(18)32-2/h4-16H,3H2,1-2H3,(H,26,29). The number of benzene rings is 3. The van der Waals surface area contributed by atoms with E-state index in [0.29, 0.717) is 11.3 Å². The fraction of sp³-hybridized carbons (Fsp3) is 0.120. The van der Waals surface area contributed by atoms with Crippen molar-refractivity contribution in [2.24, 2.45) is 0 Å². The number of hydrogen-bond donors (Lipinski definition) is 1. The average molecular weight is 463 g/mol. The topological polar surface area (TPSA) is 92.8 Å². The van der Waals surface area contributed by atoms with Crippen LogP contribution in [0.2, 0.25) is 0 Å². The Hall–Kier alpha value is -3.91. The third-order valence-electron chi connectivity index (χ3n) is 5.34. The van der Waals surface area contributed by atoms with Gasteiger partial charge in [-0.05, 0) is 25.1 Å². The first-order valence-corrected chi connectivity index (χ1v) is 11.7. The molecule has 0 spiro atoms. The van der Waals surface area contributed by atoms with E-state index in [2.05, 4.69) is 5.32 Å². The minimum absolute atomic E-state index is 0.0125. The van der Waals surface area contributed by atoms with Gasteiger partial charge in [0.2, 0.25) is 5.78 Å². The molecular formula is C25H22N2O5S. The van der Waals surface area contributed by atoms with E-state index in [0.717, 1.165) is 4.31 Å². The highest BCUT2D eigenvalue weighted by Gasteiger charge is 2.39. The zero-order chi connectivity index (χ0) is 23.6. The lowest BCUT2D eigenvalue weighted by Gasteiger charge is -2.33. The van der Waals surface area contributed by atoms with Gasteiger partial charge in [0.05, 0.1) is 23.3 Å². The summed E-state index contributed by atoms with van der Waals surface area (Å²) < 4.78 is 33.1. The molecule has 0 saturated carbocycles. The lowest BCUT2D eigenvalue weighted by Crippen LogP contribution is -2.41. The van der Waals surface area contributed by atoms with Crippen molar-refractivity contribution in [3.63, 3.8) is 0 Å². The molecule has 0 aromatic heterocycles. The number of likely N-dealkylation sites (N-methyl/N-ethyl adjacent to an activating group) is 1. The van der Waals surface area contributed by atoms with Gasteiger partial charge < -0.3 is 10.1 Å². The first-order chi connectivity index (χ1) is 15.9. The number of methoxy groups -OCH3 is 1. The van der Waals surface area contributed by atoms with E-state index in [1.54, 1.807) is 79.7 Å². The van der Waals surface area contributed by atoms with Gasteiger partial charge in [-0.2, -0.15) is 0 Å². The van der Waals surface area contributed by atoms with Crippen molar-refractivity contribution in [3.8, 4) is 5.75 Å². The van der Waals surface area contributed by atoms with Gasteiger partial charge in [-0.3, -0.25) is 13.9 Å². The number of fused-ring (bicyclic) bond motifs is 1. The quantitative estimate of drug-likeness (QED) is 0.564.